The van der Waals surface area contributed by atoms with Crippen molar-refractivity contribution in [3.05, 3.63) is 54.1 Å². The second-order valence-electron chi connectivity index (χ2n) is 5.59. The average molecular weight is 314 g/mol. The summed E-state index contributed by atoms with van der Waals surface area (Å²) < 4.78 is 2.31. The fourth-order valence-electron chi connectivity index (χ4n) is 2.96. The molecule has 0 bridgehead atoms. The average Bonchev–Trinajstić information content (AvgIpc) is 3.03. The smallest absolute Gasteiger partial charge is 0.169 e. The third-order valence-electron chi connectivity index (χ3n) is 4.11. The summed E-state index contributed by atoms with van der Waals surface area (Å²) in [6.45, 7) is 5.01. The van der Waals surface area contributed by atoms with E-state index in [-0.39, 0.29) is 6.04 Å². The van der Waals surface area contributed by atoms with Gasteiger partial charge in [0.1, 0.15) is 0 Å². The molecule has 0 saturated heterocycles. The maximum atomic E-state index is 5.65. The highest BCUT2D eigenvalue weighted by atomic mass is 32.1. The van der Waals surface area contributed by atoms with E-state index >= 15 is 0 Å². The van der Waals surface area contributed by atoms with E-state index in [0.717, 1.165) is 31.2 Å². The zero-order valence-corrected chi connectivity index (χ0v) is 13.7. The monoisotopic (exact) mass is 314 g/mol. The summed E-state index contributed by atoms with van der Waals surface area (Å²) in [6.07, 6.45) is 8.21. The van der Waals surface area contributed by atoms with Gasteiger partial charge in [0.15, 0.2) is 5.11 Å². The van der Waals surface area contributed by atoms with Gasteiger partial charge in [-0.1, -0.05) is 19.4 Å². The molecule has 1 aliphatic heterocycles. The van der Waals surface area contributed by atoms with Gasteiger partial charge in [-0.3, -0.25) is 4.98 Å². The van der Waals surface area contributed by atoms with Crippen LogP contribution in [0.1, 0.15) is 37.1 Å². The summed E-state index contributed by atoms with van der Waals surface area (Å²) in [4.78, 5) is 6.58. The Kier molecular flexibility index (Phi) is 4.73. The fraction of sp³-hybridized carbons (Fsp3) is 0.412. The molecule has 0 aliphatic carbocycles. The summed E-state index contributed by atoms with van der Waals surface area (Å²) in [7, 11) is 0. The van der Waals surface area contributed by atoms with Crippen LogP contribution in [-0.4, -0.2) is 32.7 Å². The third-order valence-corrected chi connectivity index (χ3v) is 4.48. The highest BCUT2D eigenvalue weighted by molar-refractivity contribution is 7.80. The van der Waals surface area contributed by atoms with Gasteiger partial charge in [0, 0.05) is 43.9 Å². The molecule has 4 nitrogen and oxygen atoms in total. The zero-order valence-electron chi connectivity index (χ0n) is 12.9. The minimum atomic E-state index is 0.138. The number of thiocarbonyl (C=S) groups is 1. The van der Waals surface area contributed by atoms with Gasteiger partial charge in [0.2, 0.25) is 0 Å². The Labute approximate surface area is 137 Å². The topological polar surface area (TPSA) is 33.1 Å². The van der Waals surface area contributed by atoms with Crippen molar-refractivity contribution in [3.8, 4) is 0 Å². The van der Waals surface area contributed by atoms with E-state index in [1.54, 1.807) is 0 Å². The Morgan fingerprint density at radius 2 is 2.27 bits per heavy atom. The fourth-order valence-corrected chi connectivity index (χ4v) is 3.26. The van der Waals surface area contributed by atoms with Crippen molar-refractivity contribution < 1.29 is 0 Å². The Hall–Kier alpha value is -1.88. The molecular formula is C17H22N4S. The first-order valence-electron chi connectivity index (χ1n) is 7.90. The van der Waals surface area contributed by atoms with E-state index in [9.17, 15) is 0 Å². The van der Waals surface area contributed by atoms with Crippen LogP contribution in [0.25, 0.3) is 0 Å². The molecule has 116 valence electrons. The molecule has 2 aromatic heterocycles. The summed E-state index contributed by atoms with van der Waals surface area (Å²) in [5.74, 6) is 0. The van der Waals surface area contributed by atoms with Gasteiger partial charge in [0.25, 0.3) is 0 Å². The summed E-state index contributed by atoms with van der Waals surface area (Å²) >= 11 is 5.65. The van der Waals surface area contributed by atoms with Gasteiger partial charge in [-0.05, 0) is 42.4 Å². The van der Waals surface area contributed by atoms with Crippen LogP contribution >= 0.6 is 12.2 Å². The van der Waals surface area contributed by atoms with Crippen molar-refractivity contribution >= 4 is 17.3 Å². The second-order valence-corrected chi connectivity index (χ2v) is 5.98. The first-order chi connectivity index (χ1) is 10.8. The van der Waals surface area contributed by atoms with Crippen molar-refractivity contribution in [2.75, 3.05) is 13.1 Å². The molecule has 0 radical (unpaired) electrons. The summed E-state index contributed by atoms with van der Waals surface area (Å²) in [5.41, 5.74) is 2.46. The van der Waals surface area contributed by atoms with E-state index in [4.69, 9.17) is 12.2 Å². The molecule has 1 N–H and O–H groups in total. The molecule has 3 rings (SSSR count). The SMILES string of the molecule is CCCCNC(=S)N1CCn2cccc2[C@@H]1c1cccnc1. The van der Waals surface area contributed by atoms with Gasteiger partial charge < -0.3 is 14.8 Å². The number of hydrogen-bond acceptors (Lipinski definition) is 2. The molecule has 5 heteroatoms. The first-order valence-corrected chi connectivity index (χ1v) is 8.31. The molecule has 22 heavy (non-hydrogen) atoms. The first kappa shape index (κ1) is 15.0. The van der Waals surface area contributed by atoms with E-state index in [0.29, 0.717) is 0 Å². The van der Waals surface area contributed by atoms with Gasteiger partial charge in [-0.15, -0.1) is 0 Å². The van der Waals surface area contributed by atoms with Crippen molar-refractivity contribution in [3.63, 3.8) is 0 Å². The highest BCUT2D eigenvalue weighted by Crippen LogP contribution is 2.31. The lowest BCUT2D eigenvalue weighted by molar-refractivity contribution is 0.285. The van der Waals surface area contributed by atoms with Gasteiger partial charge >= 0.3 is 0 Å². The number of fused-ring (bicyclic) bond motifs is 1. The van der Waals surface area contributed by atoms with Crippen LogP contribution in [0, 0.1) is 0 Å². The number of nitrogens with zero attached hydrogens (tertiary/aromatic N) is 3. The molecule has 2 aromatic rings. The third kappa shape index (κ3) is 2.99. The molecule has 0 saturated carbocycles. The maximum absolute atomic E-state index is 5.65. The minimum Gasteiger partial charge on any atom is -0.363 e. The lowest BCUT2D eigenvalue weighted by atomic mass is 10.0. The zero-order chi connectivity index (χ0) is 15.4. The van der Waals surface area contributed by atoms with E-state index in [1.165, 1.54) is 17.7 Å². The Bertz CT molecular complexity index is 623. The largest absolute Gasteiger partial charge is 0.363 e. The lowest BCUT2D eigenvalue weighted by Crippen LogP contribution is -2.47. The quantitative estimate of drug-likeness (QED) is 0.695. The van der Waals surface area contributed by atoms with Gasteiger partial charge in [-0.25, -0.2) is 0 Å². The van der Waals surface area contributed by atoms with Crippen molar-refractivity contribution in [1.29, 1.82) is 0 Å². The van der Waals surface area contributed by atoms with Crippen LogP contribution in [0.4, 0.5) is 0 Å². The van der Waals surface area contributed by atoms with Crippen molar-refractivity contribution in [1.82, 2.24) is 19.8 Å². The van der Waals surface area contributed by atoms with Crippen LogP contribution in [0.2, 0.25) is 0 Å². The molecule has 0 amide bonds. The van der Waals surface area contributed by atoms with Crippen molar-refractivity contribution in [2.24, 2.45) is 0 Å². The number of pyridine rings is 1. The Morgan fingerprint density at radius 3 is 3.05 bits per heavy atom. The standard InChI is InChI=1S/C17H22N4S/c1-2-3-9-19-17(22)21-12-11-20-10-5-7-15(20)16(21)14-6-4-8-18-13-14/h4-8,10,13,16H,2-3,9,11-12H2,1H3,(H,19,22)/t16-/m0/s1. The molecule has 3 heterocycles. The number of rotatable bonds is 4. The molecule has 0 spiro atoms. The van der Waals surface area contributed by atoms with E-state index < -0.39 is 0 Å². The van der Waals surface area contributed by atoms with Crippen LogP contribution in [0.15, 0.2) is 42.9 Å². The van der Waals surface area contributed by atoms with E-state index in [2.05, 4.69) is 51.1 Å². The normalized spacial score (nSPS) is 17.1. The number of nitrogens with one attached hydrogen (secondary N) is 1. The number of unbranched alkanes of at least 4 members (excludes halogenated alkanes) is 1. The number of hydrogen-bond donors (Lipinski definition) is 1. The Balaban J connectivity index is 1.87. The summed E-state index contributed by atoms with van der Waals surface area (Å²) in [5, 5.41) is 4.25. The van der Waals surface area contributed by atoms with Crippen LogP contribution in [-0.2, 0) is 6.54 Å². The molecule has 0 fully saturated rings. The number of aromatic nitrogens is 2. The lowest BCUT2D eigenvalue weighted by Gasteiger charge is -2.39. The molecular weight excluding hydrogens is 292 g/mol. The predicted molar refractivity (Wildman–Crippen MR) is 92.7 cm³/mol. The van der Waals surface area contributed by atoms with Crippen LogP contribution in [0.3, 0.4) is 0 Å². The predicted octanol–water partition coefficient (Wildman–Crippen LogP) is 2.96. The second kappa shape index (κ2) is 6.92. The van der Waals surface area contributed by atoms with Gasteiger partial charge in [-0.2, -0.15) is 0 Å². The van der Waals surface area contributed by atoms with Crippen LogP contribution in [0.5, 0.6) is 0 Å². The molecule has 1 aliphatic rings. The molecule has 0 unspecified atom stereocenters. The molecule has 0 aromatic carbocycles. The van der Waals surface area contributed by atoms with Gasteiger partial charge in [0.05, 0.1) is 6.04 Å². The highest BCUT2D eigenvalue weighted by Gasteiger charge is 2.30. The maximum Gasteiger partial charge on any atom is 0.169 e. The Morgan fingerprint density at radius 1 is 1.36 bits per heavy atom. The molecule has 1 atom stereocenters. The minimum absolute atomic E-state index is 0.138. The summed E-state index contributed by atoms with van der Waals surface area (Å²) in [6, 6.07) is 8.54. The van der Waals surface area contributed by atoms with Crippen LogP contribution < -0.4 is 5.32 Å². The van der Waals surface area contributed by atoms with Crippen molar-refractivity contribution in [2.45, 2.75) is 32.4 Å². The van der Waals surface area contributed by atoms with E-state index in [1.807, 2.05) is 18.5 Å².